The van der Waals surface area contributed by atoms with E-state index in [4.69, 9.17) is 11.6 Å². The van der Waals surface area contributed by atoms with Gasteiger partial charge >= 0.3 is 0 Å². The van der Waals surface area contributed by atoms with Crippen LogP contribution < -0.4 is 0 Å². The van der Waals surface area contributed by atoms with Gasteiger partial charge in [-0.05, 0) is 44.2 Å². The fraction of sp³-hybridized carbons (Fsp3) is 0.316. The molecule has 4 rings (SSSR count). The number of sulfonamides is 1. The lowest BCUT2D eigenvalue weighted by molar-refractivity contribution is 0.0691. The molecule has 0 atom stereocenters. The van der Waals surface area contributed by atoms with Crippen LogP contribution in [0.15, 0.2) is 40.6 Å². The molecule has 0 aliphatic carbocycles. The third kappa shape index (κ3) is 4.00. The SMILES string of the molecule is Cc1ccc(S(=O)(=O)N2CCN(C(=O)c3nn(-c4cccc(Cl)c4)nc3C)CC2)s1. The third-order valence-electron chi connectivity index (χ3n) is 4.86. The molecule has 1 saturated heterocycles. The zero-order valence-electron chi connectivity index (χ0n) is 16.4. The highest BCUT2D eigenvalue weighted by Gasteiger charge is 2.32. The van der Waals surface area contributed by atoms with Crippen LogP contribution in [0.2, 0.25) is 5.02 Å². The van der Waals surface area contributed by atoms with E-state index in [-0.39, 0.29) is 24.7 Å². The van der Waals surface area contributed by atoms with Crippen molar-refractivity contribution in [2.45, 2.75) is 18.1 Å². The summed E-state index contributed by atoms with van der Waals surface area (Å²) in [5, 5.41) is 9.22. The van der Waals surface area contributed by atoms with Crippen LogP contribution in [0.3, 0.4) is 0 Å². The van der Waals surface area contributed by atoms with Gasteiger partial charge in [-0.2, -0.15) is 14.2 Å². The summed E-state index contributed by atoms with van der Waals surface area (Å²) in [5.74, 6) is -0.259. The fourth-order valence-electron chi connectivity index (χ4n) is 3.25. The summed E-state index contributed by atoms with van der Waals surface area (Å²) >= 11 is 7.28. The highest BCUT2D eigenvalue weighted by atomic mass is 35.5. The number of aromatic nitrogens is 3. The van der Waals surface area contributed by atoms with Gasteiger partial charge < -0.3 is 4.90 Å². The third-order valence-corrected chi connectivity index (χ3v) is 8.46. The summed E-state index contributed by atoms with van der Waals surface area (Å²) in [6.07, 6.45) is 0. The Kier molecular flexibility index (Phi) is 5.67. The van der Waals surface area contributed by atoms with E-state index >= 15 is 0 Å². The zero-order valence-corrected chi connectivity index (χ0v) is 18.8. The molecule has 1 amide bonds. The van der Waals surface area contributed by atoms with Crippen molar-refractivity contribution in [1.82, 2.24) is 24.2 Å². The number of hydrogen-bond acceptors (Lipinski definition) is 6. The quantitative estimate of drug-likeness (QED) is 0.591. The lowest BCUT2D eigenvalue weighted by Crippen LogP contribution is -2.50. The second-order valence-corrected chi connectivity index (χ2v) is 10.9. The molecule has 3 aromatic rings. The molecule has 158 valence electrons. The van der Waals surface area contributed by atoms with E-state index in [1.54, 1.807) is 48.2 Å². The maximum Gasteiger partial charge on any atom is 0.276 e. The van der Waals surface area contributed by atoms with E-state index < -0.39 is 10.0 Å². The van der Waals surface area contributed by atoms with Crippen molar-refractivity contribution in [3.8, 4) is 5.69 Å². The van der Waals surface area contributed by atoms with Gasteiger partial charge in [0.05, 0.1) is 11.4 Å². The smallest absolute Gasteiger partial charge is 0.276 e. The molecular weight excluding hydrogens is 446 g/mol. The maximum atomic E-state index is 13.0. The molecule has 11 heteroatoms. The van der Waals surface area contributed by atoms with Crippen LogP contribution in [0.4, 0.5) is 0 Å². The minimum atomic E-state index is -3.53. The predicted octanol–water partition coefficient (Wildman–Crippen LogP) is 2.75. The number of rotatable bonds is 4. The molecule has 30 heavy (non-hydrogen) atoms. The van der Waals surface area contributed by atoms with Crippen LogP contribution in [0, 0.1) is 13.8 Å². The number of carbonyl (C=O) groups is 1. The summed E-state index contributed by atoms with van der Waals surface area (Å²) in [4.78, 5) is 16.9. The normalized spacial score (nSPS) is 15.5. The minimum Gasteiger partial charge on any atom is -0.335 e. The van der Waals surface area contributed by atoms with Gasteiger partial charge in [0.2, 0.25) is 0 Å². The molecule has 3 heterocycles. The second-order valence-electron chi connectivity index (χ2n) is 6.96. The topological polar surface area (TPSA) is 88.4 Å². The lowest BCUT2D eigenvalue weighted by atomic mass is 10.2. The molecule has 0 bridgehead atoms. The Balaban J connectivity index is 1.47. The van der Waals surface area contributed by atoms with Crippen molar-refractivity contribution in [2.24, 2.45) is 0 Å². The number of carbonyl (C=O) groups excluding carboxylic acids is 1. The molecule has 0 N–H and O–H groups in total. The summed E-state index contributed by atoms with van der Waals surface area (Å²) in [6, 6.07) is 10.5. The first-order chi connectivity index (χ1) is 14.3. The first-order valence-electron chi connectivity index (χ1n) is 9.31. The molecular formula is C19H20ClN5O3S2. The predicted molar refractivity (Wildman–Crippen MR) is 115 cm³/mol. The molecule has 2 aromatic heterocycles. The van der Waals surface area contributed by atoms with Crippen LogP contribution >= 0.6 is 22.9 Å². The molecule has 1 aliphatic heterocycles. The number of hydrogen-bond donors (Lipinski definition) is 0. The van der Waals surface area contributed by atoms with E-state index in [1.165, 1.54) is 20.4 Å². The second kappa shape index (κ2) is 8.10. The van der Waals surface area contributed by atoms with Crippen LogP contribution in [-0.4, -0.2) is 64.7 Å². The van der Waals surface area contributed by atoms with E-state index in [1.807, 2.05) is 6.92 Å². The van der Waals surface area contributed by atoms with E-state index in [0.717, 1.165) is 4.88 Å². The highest BCUT2D eigenvalue weighted by Crippen LogP contribution is 2.25. The Morgan fingerprint density at radius 2 is 1.80 bits per heavy atom. The molecule has 0 saturated carbocycles. The Hall–Kier alpha value is -2.27. The van der Waals surface area contributed by atoms with Crippen molar-refractivity contribution in [3.05, 3.63) is 57.7 Å². The molecule has 0 unspecified atom stereocenters. The van der Waals surface area contributed by atoms with Gasteiger partial charge in [0.25, 0.3) is 15.9 Å². The summed E-state index contributed by atoms with van der Waals surface area (Å²) < 4.78 is 27.3. The van der Waals surface area contributed by atoms with Gasteiger partial charge in [-0.15, -0.1) is 16.4 Å². The number of aryl methyl sites for hydroxylation is 2. The summed E-state index contributed by atoms with van der Waals surface area (Å²) in [6.45, 7) is 4.68. The van der Waals surface area contributed by atoms with Crippen molar-refractivity contribution in [3.63, 3.8) is 0 Å². The molecule has 8 nitrogen and oxygen atoms in total. The molecule has 0 spiro atoms. The zero-order chi connectivity index (χ0) is 21.5. The van der Waals surface area contributed by atoms with E-state index in [9.17, 15) is 13.2 Å². The summed E-state index contributed by atoms with van der Waals surface area (Å²) in [7, 11) is -3.53. The fourth-order valence-corrected chi connectivity index (χ4v) is 6.30. The van der Waals surface area contributed by atoms with E-state index in [0.29, 0.717) is 33.7 Å². The number of amides is 1. The van der Waals surface area contributed by atoms with Crippen molar-refractivity contribution >= 4 is 38.9 Å². The van der Waals surface area contributed by atoms with Crippen LogP contribution in [0.5, 0.6) is 0 Å². The average Bonchev–Trinajstić information content (AvgIpc) is 3.34. The van der Waals surface area contributed by atoms with Crippen molar-refractivity contribution in [1.29, 1.82) is 0 Å². The van der Waals surface area contributed by atoms with Crippen LogP contribution in [0.1, 0.15) is 21.1 Å². The monoisotopic (exact) mass is 465 g/mol. The Morgan fingerprint density at radius 1 is 1.07 bits per heavy atom. The molecule has 1 fully saturated rings. The van der Waals surface area contributed by atoms with Crippen LogP contribution in [0.25, 0.3) is 5.69 Å². The first kappa shape index (κ1) is 21.0. The largest absolute Gasteiger partial charge is 0.335 e. The standard InChI is InChI=1S/C19H20ClN5O3S2/c1-13-6-7-17(29-13)30(27,28)24-10-8-23(9-11-24)19(26)18-14(2)21-25(22-18)16-5-3-4-15(20)12-16/h3-7,12H,8-11H2,1-2H3. The van der Waals surface area contributed by atoms with Gasteiger partial charge in [0, 0.05) is 36.1 Å². The number of thiophene rings is 1. The molecule has 1 aliphatic rings. The van der Waals surface area contributed by atoms with Crippen molar-refractivity contribution in [2.75, 3.05) is 26.2 Å². The lowest BCUT2D eigenvalue weighted by Gasteiger charge is -2.33. The van der Waals surface area contributed by atoms with Gasteiger partial charge in [-0.3, -0.25) is 4.79 Å². The Morgan fingerprint density at radius 3 is 2.43 bits per heavy atom. The molecule has 1 aromatic carbocycles. The van der Waals surface area contributed by atoms with Crippen LogP contribution in [-0.2, 0) is 10.0 Å². The number of nitrogens with zero attached hydrogens (tertiary/aromatic N) is 5. The van der Waals surface area contributed by atoms with Gasteiger partial charge in [0.15, 0.2) is 5.69 Å². The Labute approximate surface area is 183 Å². The first-order valence-corrected chi connectivity index (χ1v) is 11.9. The van der Waals surface area contributed by atoms with Gasteiger partial charge in [-0.25, -0.2) is 8.42 Å². The van der Waals surface area contributed by atoms with Crippen molar-refractivity contribution < 1.29 is 13.2 Å². The Bertz CT molecular complexity index is 1200. The minimum absolute atomic E-state index is 0.243. The number of benzene rings is 1. The summed E-state index contributed by atoms with van der Waals surface area (Å²) in [5.41, 5.74) is 1.41. The number of piperazine rings is 1. The number of halogens is 1. The molecule has 0 radical (unpaired) electrons. The highest BCUT2D eigenvalue weighted by molar-refractivity contribution is 7.91. The average molecular weight is 466 g/mol. The van der Waals surface area contributed by atoms with Gasteiger partial charge in [-0.1, -0.05) is 17.7 Å². The van der Waals surface area contributed by atoms with Gasteiger partial charge in [0.1, 0.15) is 4.21 Å². The van der Waals surface area contributed by atoms with E-state index in [2.05, 4.69) is 10.2 Å². The maximum absolute atomic E-state index is 13.0.